The van der Waals surface area contributed by atoms with Crippen LogP contribution < -0.4 is 20.9 Å². The number of benzene rings is 5. The Hall–Kier alpha value is -6.56. The van der Waals surface area contributed by atoms with Crippen LogP contribution in [-0.2, 0) is 19.7 Å². The molecule has 0 amide bonds. The van der Waals surface area contributed by atoms with Crippen molar-refractivity contribution in [2.45, 2.75) is 19.6 Å². The molecular weight excluding hydrogens is 641 g/mol. The molecule has 0 aliphatic heterocycles. The van der Waals surface area contributed by atoms with Gasteiger partial charge < -0.3 is 0 Å². The zero-order chi connectivity index (χ0) is 33.8. The highest BCUT2D eigenvalue weighted by Crippen LogP contribution is 2.30. The van der Waals surface area contributed by atoms with Gasteiger partial charge in [0.1, 0.15) is 35.4 Å². The van der Waals surface area contributed by atoms with Crippen LogP contribution in [0.15, 0.2) is 117 Å². The fraction of sp³-hybridized carbons (Fsp3) is 0. The van der Waals surface area contributed by atoms with E-state index in [4.69, 9.17) is 0 Å². The van der Waals surface area contributed by atoms with E-state index in [1.54, 1.807) is 54.6 Å². The van der Waals surface area contributed by atoms with Crippen LogP contribution in [0, 0.1) is 55.8 Å². The van der Waals surface area contributed by atoms with Crippen molar-refractivity contribution in [3.63, 3.8) is 0 Å². The summed E-state index contributed by atoms with van der Waals surface area (Å²) in [6.07, 6.45) is 3.47. The molecule has 0 atom stereocenters. The smallest absolute Gasteiger partial charge is 0.207 e. The summed E-state index contributed by atoms with van der Waals surface area (Å²) in [6.45, 7) is 0. The van der Waals surface area contributed by atoms with Crippen molar-refractivity contribution >= 4 is 43.0 Å². The Morgan fingerprint density at radius 2 is 1.17 bits per heavy atom. The highest BCUT2D eigenvalue weighted by atomic mass is 32.2. The third kappa shape index (κ3) is 4.45. The van der Waals surface area contributed by atoms with E-state index in [2.05, 4.69) is 0 Å². The van der Waals surface area contributed by atoms with Crippen LogP contribution in [0.25, 0.3) is 34.4 Å². The maximum Gasteiger partial charge on any atom is 0.207 e. The van der Waals surface area contributed by atoms with Crippen LogP contribution in [0.5, 0.6) is 0 Å². The van der Waals surface area contributed by atoms with Crippen molar-refractivity contribution in [3.05, 3.63) is 140 Å². The molecule has 226 valence electrons. The summed E-state index contributed by atoms with van der Waals surface area (Å²) in [5.41, 5.74) is 1.19. The second-order valence-corrected chi connectivity index (χ2v) is 14.9. The molecule has 0 N–H and O–H groups in total. The highest BCUT2D eigenvalue weighted by Gasteiger charge is 2.27. The van der Waals surface area contributed by atoms with E-state index >= 15 is 0 Å². The fourth-order valence-corrected chi connectivity index (χ4v) is 9.07. The second kappa shape index (κ2) is 11.1. The number of hydrogen-bond acceptors (Lipinski definition) is 8. The predicted octanol–water partition coefficient (Wildman–Crippen LogP) is 2.99. The lowest BCUT2D eigenvalue weighted by molar-refractivity contribution is 0.594. The van der Waals surface area contributed by atoms with E-state index in [0.29, 0.717) is 37.9 Å². The third-order valence-corrected chi connectivity index (χ3v) is 12.0. The minimum Gasteiger partial charge on any atom is -0.219 e. The van der Waals surface area contributed by atoms with Gasteiger partial charge in [0, 0.05) is 15.7 Å². The number of fused-ring (bicyclic) bond motifs is 5. The van der Waals surface area contributed by atoms with Gasteiger partial charge in [-0.15, -0.1) is 0 Å². The van der Waals surface area contributed by atoms with E-state index in [1.807, 2.05) is 30.4 Å². The summed E-state index contributed by atoms with van der Waals surface area (Å²) in [6, 6.07) is 32.6. The molecule has 48 heavy (non-hydrogen) atoms. The molecule has 0 spiro atoms. The van der Waals surface area contributed by atoms with Gasteiger partial charge in [-0.1, -0.05) is 42.5 Å². The van der Waals surface area contributed by atoms with Crippen LogP contribution in [0.4, 0.5) is 0 Å². The number of hydrogen-bond donors (Lipinski definition) is 0. The Morgan fingerprint density at radius 1 is 0.562 bits per heavy atom. The van der Waals surface area contributed by atoms with Crippen LogP contribution in [0.1, 0.15) is 11.1 Å². The van der Waals surface area contributed by atoms with Crippen LogP contribution in [-0.4, -0.2) is 16.8 Å². The number of nitrogens with zero attached hydrogens (tertiary/aromatic N) is 4. The molecule has 5 aromatic rings. The Morgan fingerprint density at radius 3 is 1.77 bits per heavy atom. The topological polar surface area (TPSA) is 163 Å². The van der Waals surface area contributed by atoms with E-state index < -0.39 is 19.7 Å². The fourth-order valence-electron chi connectivity index (χ4n) is 6.25. The van der Waals surface area contributed by atoms with Gasteiger partial charge >= 0.3 is 0 Å². The average molecular weight is 659 g/mol. The summed E-state index contributed by atoms with van der Waals surface area (Å²) in [5, 5.41) is 42.0. The van der Waals surface area contributed by atoms with Crippen molar-refractivity contribution in [3.8, 4) is 35.4 Å². The molecular formula is C38H18N4O4S2. The lowest BCUT2D eigenvalue weighted by Gasteiger charge is -2.10. The molecule has 5 aromatic carbocycles. The summed E-state index contributed by atoms with van der Waals surface area (Å²) in [4.78, 5) is -0.0264. The SMILES string of the molecule is N#CC(C#N)=c1cc2c(c(S(=O)(=O)c3ccccc3)c1)=Cc1cc3c(c(=C(C#N)C#N)c1-2)=c1cc(S(=O)(=O)c2ccccc2)ccc1=C3. The molecule has 0 radical (unpaired) electrons. The van der Waals surface area contributed by atoms with Crippen LogP contribution >= 0.6 is 0 Å². The quantitative estimate of drug-likeness (QED) is 0.279. The Kier molecular flexibility index (Phi) is 6.93. The normalized spacial score (nSPS) is 11.9. The van der Waals surface area contributed by atoms with Gasteiger partial charge in [-0.3, -0.25) is 0 Å². The number of rotatable bonds is 4. The lowest BCUT2D eigenvalue weighted by Crippen LogP contribution is -2.23. The van der Waals surface area contributed by atoms with E-state index in [-0.39, 0.29) is 46.4 Å². The van der Waals surface area contributed by atoms with Gasteiger partial charge in [0.2, 0.25) is 19.7 Å². The monoisotopic (exact) mass is 658 g/mol. The molecule has 0 saturated carbocycles. The minimum absolute atomic E-state index is 0.00241. The first-order chi connectivity index (χ1) is 23.1. The lowest BCUT2D eigenvalue weighted by atomic mass is 9.94. The van der Waals surface area contributed by atoms with E-state index in [1.165, 1.54) is 48.5 Å². The van der Waals surface area contributed by atoms with Crippen LogP contribution in [0.2, 0.25) is 0 Å². The molecule has 8 nitrogen and oxygen atoms in total. The number of sulfone groups is 2. The molecule has 7 rings (SSSR count). The zero-order valence-corrected chi connectivity index (χ0v) is 26.3. The van der Waals surface area contributed by atoms with Crippen molar-refractivity contribution in [1.82, 2.24) is 0 Å². The molecule has 10 heteroatoms. The third-order valence-electron chi connectivity index (χ3n) is 8.40. The Bertz CT molecular complexity index is 3030. The Balaban J connectivity index is 1.67. The summed E-state index contributed by atoms with van der Waals surface area (Å²) < 4.78 is 55.3. The van der Waals surface area contributed by atoms with E-state index in [9.17, 15) is 37.9 Å². The van der Waals surface area contributed by atoms with Gasteiger partial charge in [-0.25, -0.2) is 16.8 Å². The molecule has 0 fully saturated rings. The first-order valence-electron chi connectivity index (χ1n) is 14.3. The summed E-state index contributed by atoms with van der Waals surface area (Å²) in [7, 11) is -8.11. The summed E-state index contributed by atoms with van der Waals surface area (Å²) in [5.74, 6) is 0. The highest BCUT2D eigenvalue weighted by molar-refractivity contribution is 7.91. The molecule has 0 unspecified atom stereocenters. The van der Waals surface area contributed by atoms with Gasteiger partial charge in [0.15, 0.2) is 0 Å². The molecule has 2 aliphatic rings. The first kappa shape index (κ1) is 30.1. The van der Waals surface area contributed by atoms with Gasteiger partial charge in [-0.05, 0) is 105 Å². The van der Waals surface area contributed by atoms with Crippen molar-refractivity contribution in [2.24, 2.45) is 0 Å². The predicted molar refractivity (Wildman–Crippen MR) is 175 cm³/mol. The van der Waals surface area contributed by atoms with Crippen molar-refractivity contribution < 1.29 is 16.8 Å². The second-order valence-electron chi connectivity index (χ2n) is 11.0. The minimum atomic E-state index is -4.18. The maximum absolute atomic E-state index is 14.1. The largest absolute Gasteiger partial charge is 0.219 e. The zero-order valence-electron chi connectivity index (χ0n) is 24.6. The molecule has 2 aliphatic carbocycles. The summed E-state index contributed by atoms with van der Waals surface area (Å²) >= 11 is 0. The van der Waals surface area contributed by atoms with Crippen molar-refractivity contribution in [1.29, 1.82) is 21.0 Å². The molecule has 0 saturated heterocycles. The van der Waals surface area contributed by atoms with Crippen molar-refractivity contribution in [2.75, 3.05) is 0 Å². The van der Waals surface area contributed by atoms with Crippen LogP contribution in [0.3, 0.4) is 0 Å². The molecule has 0 aromatic heterocycles. The standard InChI is InChI=1S/C38H18N4O4S2/c39-19-27(20-40)24-15-34-33(35(17-24)48(45,46)30-9-5-2-6-10-30)16-26-14-25-13-23-11-12-31(47(43,44)29-7-3-1-4-8-29)18-32(23)36(25)38(37(26)34)28(21-41)22-42/h1-18H. The maximum atomic E-state index is 14.1. The van der Waals surface area contributed by atoms with E-state index in [0.717, 1.165) is 0 Å². The number of nitriles is 4. The van der Waals surface area contributed by atoms with Gasteiger partial charge in [0.25, 0.3) is 0 Å². The van der Waals surface area contributed by atoms with Gasteiger partial charge in [0.05, 0.1) is 19.6 Å². The average Bonchev–Trinajstić information content (AvgIpc) is 3.66. The molecule has 0 bridgehead atoms. The Labute approximate surface area is 274 Å². The van der Waals surface area contributed by atoms with Gasteiger partial charge in [-0.2, -0.15) is 21.0 Å². The molecule has 0 heterocycles. The first-order valence-corrected chi connectivity index (χ1v) is 17.3.